The van der Waals surface area contributed by atoms with Crippen LogP contribution >= 0.6 is 0 Å². The molecule has 0 N–H and O–H groups in total. The Morgan fingerprint density at radius 2 is 1.67 bits per heavy atom. The second kappa shape index (κ2) is 3.85. The predicted molar refractivity (Wildman–Crippen MR) is 61.3 cm³/mol. The molecule has 0 aromatic heterocycles. The van der Waals surface area contributed by atoms with Gasteiger partial charge in [-0.15, -0.1) is 0 Å². The molecule has 2 rings (SSSR count). The van der Waals surface area contributed by atoms with E-state index < -0.39 is 0 Å². The largest absolute Gasteiger partial charge is 0.207 e. The van der Waals surface area contributed by atoms with Crippen molar-refractivity contribution in [1.82, 2.24) is 0 Å². The molecule has 0 unspecified atom stereocenters. The first-order chi connectivity index (χ1) is 7.18. The predicted octanol–water partition coefficient (Wildman–Crippen LogP) is 4.11. The third-order valence-electron chi connectivity index (χ3n) is 2.74. The Bertz CT molecular complexity index is 486. The summed E-state index contributed by atoms with van der Waals surface area (Å²) < 4.78 is 13.1. The lowest BCUT2D eigenvalue weighted by molar-refractivity contribution is 0.628. The number of rotatable bonds is 1. The fourth-order valence-corrected chi connectivity index (χ4v) is 1.72. The fraction of sp³-hybridized carbons (Fsp3) is 0.143. The maximum Gasteiger partial charge on any atom is 0.123 e. The highest BCUT2D eigenvalue weighted by molar-refractivity contribution is 5.68. The fourth-order valence-electron chi connectivity index (χ4n) is 1.72. The van der Waals surface area contributed by atoms with Gasteiger partial charge in [-0.3, -0.25) is 0 Å². The molecule has 0 aliphatic carbocycles. The van der Waals surface area contributed by atoms with Crippen LogP contribution in [0.1, 0.15) is 11.1 Å². The maximum atomic E-state index is 13.1. The number of hydrogen-bond donors (Lipinski definition) is 0. The van der Waals surface area contributed by atoms with E-state index in [9.17, 15) is 4.39 Å². The highest BCUT2D eigenvalue weighted by Gasteiger charge is 2.03. The van der Waals surface area contributed by atoms with Crippen LogP contribution in [0.25, 0.3) is 11.1 Å². The number of halogens is 1. The van der Waals surface area contributed by atoms with Crippen molar-refractivity contribution in [3.8, 4) is 11.1 Å². The molecule has 0 atom stereocenters. The van der Waals surface area contributed by atoms with E-state index in [2.05, 4.69) is 19.9 Å². The summed E-state index contributed by atoms with van der Waals surface area (Å²) in [6, 6.07) is 12.8. The van der Waals surface area contributed by atoms with Gasteiger partial charge in [0.25, 0.3) is 0 Å². The second-order valence-corrected chi connectivity index (χ2v) is 3.76. The van der Waals surface area contributed by atoms with Crippen LogP contribution in [-0.4, -0.2) is 0 Å². The van der Waals surface area contributed by atoms with Gasteiger partial charge in [0.2, 0.25) is 0 Å². The first-order valence-corrected chi connectivity index (χ1v) is 5.00. The molecular formula is C14H13F. The van der Waals surface area contributed by atoms with Gasteiger partial charge < -0.3 is 0 Å². The molecule has 0 saturated carbocycles. The quantitative estimate of drug-likeness (QED) is 0.649. The maximum absolute atomic E-state index is 13.1. The van der Waals surface area contributed by atoms with E-state index in [0.29, 0.717) is 0 Å². The number of benzene rings is 2. The molecule has 1 heteroatoms. The summed E-state index contributed by atoms with van der Waals surface area (Å²) in [6.07, 6.45) is 0. The Morgan fingerprint density at radius 3 is 2.40 bits per heavy atom. The van der Waals surface area contributed by atoms with Gasteiger partial charge in [0.15, 0.2) is 0 Å². The van der Waals surface area contributed by atoms with Crippen LogP contribution in [0.5, 0.6) is 0 Å². The van der Waals surface area contributed by atoms with E-state index in [4.69, 9.17) is 0 Å². The Morgan fingerprint density at radius 1 is 0.933 bits per heavy atom. The zero-order valence-electron chi connectivity index (χ0n) is 8.92. The normalized spacial score (nSPS) is 10.3. The lowest BCUT2D eigenvalue weighted by Crippen LogP contribution is -1.87. The van der Waals surface area contributed by atoms with E-state index in [1.807, 2.05) is 18.2 Å². The van der Waals surface area contributed by atoms with Gasteiger partial charge in [0.1, 0.15) is 5.82 Å². The minimum absolute atomic E-state index is 0.187. The lowest BCUT2D eigenvalue weighted by Gasteiger charge is -2.08. The van der Waals surface area contributed by atoms with Crippen LogP contribution in [0.2, 0.25) is 0 Å². The van der Waals surface area contributed by atoms with E-state index in [1.165, 1.54) is 17.2 Å². The molecule has 0 aliphatic heterocycles. The van der Waals surface area contributed by atoms with E-state index in [0.717, 1.165) is 11.1 Å². The van der Waals surface area contributed by atoms with Crippen LogP contribution in [0.3, 0.4) is 0 Å². The van der Waals surface area contributed by atoms with Crippen LogP contribution in [0.15, 0.2) is 42.5 Å². The van der Waals surface area contributed by atoms with Crippen LogP contribution in [0.4, 0.5) is 4.39 Å². The Kier molecular flexibility index (Phi) is 2.55. The molecule has 0 bridgehead atoms. The Balaban J connectivity index is 2.59. The van der Waals surface area contributed by atoms with Gasteiger partial charge in [0.05, 0.1) is 0 Å². The highest BCUT2D eigenvalue weighted by Crippen LogP contribution is 2.25. The molecule has 0 spiro atoms. The molecule has 0 aliphatic rings. The Hall–Kier alpha value is -1.63. The zero-order chi connectivity index (χ0) is 10.8. The summed E-state index contributed by atoms with van der Waals surface area (Å²) in [4.78, 5) is 0. The van der Waals surface area contributed by atoms with Gasteiger partial charge in [-0.05, 0) is 48.2 Å². The topological polar surface area (TPSA) is 0 Å². The molecule has 2 aromatic carbocycles. The molecular weight excluding hydrogens is 187 g/mol. The molecule has 0 heterocycles. The van der Waals surface area contributed by atoms with Crippen molar-refractivity contribution in [2.24, 2.45) is 0 Å². The van der Waals surface area contributed by atoms with Crippen LogP contribution in [-0.2, 0) is 0 Å². The van der Waals surface area contributed by atoms with Crippen LogP contribution in [0, 0.1) is 19.7 Å². The third kappa shape index (κ3) is 1.91. The number of aryl methyl sites for hydroxylation is 1. The third-order valence-corrected chi connectivity index (χ3v) is 2.74. The Labute approximate surface area is 89.4 Å². The first kappa shape index (κ1) is 9.91. The van der Waals surface area contributed by atoms with Crippen LogP contribution < -0.4 is 0 Å². The average Bonchev–Trinajstić information content (AvgIpc) is 2.22. The summed E-state index contributed by atoms with van der Waals surface area (Å²) >= 11 is 0. The standard InChI is InChI=1S/C14H13F/c1-10-5-3-8-14(11(10)2)12-6-4-7-13(15)9-12/h3-9H,1-2H3. The summed E-state index contributed by atoms with van der Waals surface area (Å²) in [6.45, 7) is 4.13. The van der Waals surface area contributed by atoms with Gasteiger partial charge in [-0.25, -0.2) is 4.39 Å². The summed E-state index contributed by atoms with van der Waals surface area (Å²) in [5.41, 5.74) is 4.49. The minimum Gasteiger partial charge on any atom is -0.207 e. The highest BCUT2D eigenvalue weighted by atomic mass is 19.1. The molecule has 0 saturated heterocycles. The van der Waals surface area contributed by atoms with Crippen molar-refractivity contribution in [3.63, 3.8) is 0 Å². The monoisotopic (exact) mass is 200 g/mol. The molecule has 0 fully saturated rings. The summed E-state index contributed by atoms with van der Waals surface area (Å²) in [5, 5.41) is 0. The lowest BCUT2D eigenvalue weighted by atomic mass is 9.97. The van der Waals surface area contributed by atoms with Crippen molar-refractivity contribution in [3.05, 3.63) is 59.4 Å². The van der Waals surface area contributed by atoms with Crippen molar-refractivity contribution in [2.45, 2.75) is 13.8 Å². The zero-order valence-corrected chi connectivity index (χ0v) is 8.92. The minimum atomic E-state index is -0.187. The van der Waals surface area contributed by atoms with Crippen molar-refractivity contribution < 1.29 is 4.39 Å². The molecule has 15 heavy (non-hydrogen) atoms. The van der Waals surface area contributed by atoms with Gasteiger partial charge in [-0.2, -0.15) is 0 Å². The van der Waals surface area contributed by atoms with E-state index in [1.54, 1.807) is 12.1 Å². The second-order valence-electron chi connectivity index (χ2n) is 3.76. The smallest absolute Gasteiger partial charge is 0.123 e. The molecule has 76 valence electrons. The summed E-state index contributed by atoms with van der Waals surface area (Å²) in [7, 11) is 0. The molecule has 0 amide bonds. The van der Waals surface area contributed by atoms with Gasteiger partial charge in [-0.1, -0.05) is 30.3 Å². The van der Waals surface area contributed by atoms with Crippen molar-refractivity contribution in [2.75, 3.05) is 0 Å². The molecule has 0 nitrogen and oxygen atoms in total. The first-order valence-electron chi connectivity index (χ1n) is 5.00. The van der Waals surface area contributed by atoms with Crippen molar-refractivity contribution >= 4 is 0 Å². The summed E-state index contributed by atoms with van der Waals surface area (Å²) in [5.74, 6) is -0.187. The van der Waals surface area contributed by atoms with E-state index in [-0.39, 0.29) is 5.82 Å². The average molecular weight is 200 g/mol. The van der Waals surface area contributed by atoms with Gasteiger partial charge >= 0.3 is 0 Å². The SMILES string of the molecule is Cc1cccc(-c2cccc(F)c2)c1C. The van der Waals surface area contributed by atoms with Gasteiger partial charge in [0, 0.05) is 0 Å². The van der Waals surface area contributed by atoms with Crippen molar-refractivity contribution in [1.29, 1.82) is 0 Å². The number of hydrogen-bond acceptors (Lipinski definition) is 0. The molecule has 0 radical (unpaired) electrons. The van der Waals surface area contributed by atoms with E-state index >= 15 is 0 Å². The molecule has 2 aromatic rings.